The standard InChI is InChI=1S/C26H16F5N7O/c27-19-6-14(16-9-34-38(12-16)26(29,30)31)4-5-15(19)11-36(17-2-1-3-17)25(39)18-7-22-21(8-20(18)28)35-24(32)23-10-33-13-37(22)23/h1,4-10,12-13H,2,11H2,(H2,32,35). The smallest absolute Gasteiger partial charge is 0.382 e. The molecule has 8 nitrogen and oxygen atoms in total. The average Bonchev–Trinajstić information content (AvgIpc) is 3.54. The van der Waals surface area contributed by atoms with E-state index in [4.69, 9.17) is 5.73 Å². The Bertz CT molecular complexity index is 1860. The Hall–Kier alpha value is -5.03. The van der Waals surface area contributed by atoms with Crippen LogP contribution >= 0.6 is 0 Å². The molecule has 1 amide bonds. The molecule has 1 aliphatic rings. The van der Waals surface area contributed by atoms with Gasteiger partial charge in [0.25, 0.3) is 5.91 Å². The van der Waals surface area contributed by atoms with E-state index in [-0.39, 0.29) is 44.8 Å². The molecule has 3 heterocycles. The predicted molar refractivity (Wildman–Crippen MR) is 130 cm³/mol. The summed E-state index contributed by atoms with van der Waals surface area (Å²) in [6, 6.07) is 6.27. The first-order chi connectivity index (χ1) is 18.6. The van der Waals surface area contributed by atoms with Crippen LogP contribution in [0.25, 0.3) is 27.7 Å². The lowest BCUT2D eigenvalue weighted by Crippen LogP contribution is -2.32. The van der Waals surface area contributed by atoms with Crippen LogP contribution in [0.5, 0.6) is 0 Å². The fourth-order valence-corrected chi connectivity index (χ4v) is 4.31. The Morgan fingerprint density at radius 1 is 1.08 bits per heavy atom. The highest BCUT2D eigenvalue weighted by Gasteiger charge is 2.32. The van der Waals surface area contributed by atoms with Crippen LogP contribution in [0.3, 0.4) is 0 Å². The van der Waals surface area contributed by atoms with Crippen LogP contribution < -0.4 is 5.73 Å². The molecule has 0 bridgehead atoms. The number of hydrogen-bond donors (Lipinski definition) is 1. The van der Waals surface area contributed by atoms with Crippen LogP contribution in [-0.4, -0.2) is 35.0 Å². The maximum absolute atomic E-state index is 15.2. The molecule has 39 heavy (non-hydrogen) atoms. The lowest BCUT2D eigenvalue weighted by Gasteiger charge is -2.26. The summed E-state index contributed by atoms with van der Waals surface area (Å²) in [6.45, 7) is -0.263. The number of aromatic nitrogens is 5. The topological polar surface area (TPSA) is 94.3 Å². The van der Waals surface area contributed by atoms with E-state index in [1.165, 1.54) is 35.6 Å². The molecule has 13 heteroatoms. The Balaban J connectivity index is 1.35. The largest absolute Gasteiger partial charge is 0.504 e. The van der Waals surface area contributed by atoms with Gasteiger partial charge in [-0.2, -0.15) is 9.78 Å². The molecule has 5 aromatic rings. The zero-order valence-electron chi connectivity index (χ0n) is 19.7. The number of anilines is 1. The number of amides is 1. The van der Waals surface area contributed by atoms with E-state index in [1.54, 1.807) is 10.5 Å². The van der Waals surface area contributed by atoms with Crippen molar-refractivity contribution in [3.05, 3.63) is 95.5 Å². The monoisotopic (exact) mass is 537 g/mol. The first-order valence-electron chi connectivity index (χ1n) is 11.5. The number of imidazole rings is 1. The maximum Gasteiger partial charge on any atom is 0.504 e. The minimum Gasteiger partial charge on any atom is -0.382 e. The van der Waals surface area contributed by atoms with Crippen molar-refractivity contribution >= 4 is 28.3 Å². The molecule has 0 spiro atoms. The van der Waals surface area contributed by atoms with Gasteiger partial charge in [-0.15, -0.1) is 18.9 Å². The van der Waals surface area contributed by atoms with Gasteiger partial charge in [-0.1, -0.05) is 12.1 Å². The predicted octanol–water partition coefficient (Wildman–Crippen LogP) is 5.17. The van der Waals surface area contributed by atoms with Crippen molar-refractivity contribution in [2.75, 3.05) is 5.73 Å². The Morgan fingerprint density at radius 2 is 1.87 bits per heavy atom. The summed E-state index contributed by atoms with van der Waals surface area (Å²) in [5.41, 5.74) is 10.4. The number of alkyl halides is 3. The van der Waals surface area contributed by atoms with Crippen LogP contribution in [0.1, 0.15) is 22.3 Å². The number of carbonyl (C=O) groups is 1. The van der Waals surface area contributed by atoms with E-state index < -0.39 is 23.8 Å². The molecule has 0 atom stereocenters. The molecule has 196 valence electrons. The summed E-state index contributed by atoms with van der Waals surface area (Å²) in [5, 5.41) is 3.26. The molecule has 1 aliphatic carbocycles. The van der Waals surface area contributed by atoms with Gasteiger partial charge in [-0.3, -0.25) is 9.20 Å². The quantitative estimate of drug-likeness (QED) is 0.247. The van der Waals surface area contributed by atoms with Gasteiger partial charge >= 0.3 is 6.30 Å². The second-order valence-corrected chi connectivity index (χ2v) is 8.80. The molecule has 6 rings (SSSR count). The highest BCUT2D eigenvalue weighted by Crippen LogP contribution is 2.30. The van der Waals surface area contributed by atoms with E-state index in [9.17, 15) is 18.0 Å². The molecule has 2 N–H and O–H groups in total. The van der Waals surface area contributed by atoms with E-state index in [1.807, 2.05) is 0 Å². The summed E-state index contributed by atoms with van der Waals surface area (Å²) in [6.07, 6.45) is 2.01. The van der Waals surface area contributed by atoms with E-state index in [0.717, 1.165) is 24.5 Å². The lowest BCUT2D eigenvalue weighted by molar-refractivity contribution is -0.212. The number of benzene rings is 2. The molecule has 3 aromatic heterocycles. The van der Waals surface area contributed by atoms with Gasteiger partial charge in [0.05, 0.1) is 47.6 Å². The zero-order chi connectivity index (χ0) is 27.5. The van der Waals surface area contributed by atoms with Crippen molar-refractivity contribution in [1.82, 2.24) is 29.0 Å². The summed E-state index contributed by atoms with van der Waals surface area (Å²) in [4.78, 5) is 23.0. The van der Waals surface area contributed by atoms with Crippen molar-refractivity contribution in [3.63, 3.8) is 0 Å². The fourth-order valence-electron chi connectivity index (χ4n) is 4.31. The Kier molecular flexibility index (Phi) is 5.47. The number of rotatable bonds is 5. The van der Waals surface area contributed by atoms with Crippen molar-refractivity contribution in [1.29, 1.82) is 0 Å². The van der Waals surface area contributed by atoms with Crippen LogP contribution in [0.4, 0.5) is 27.8 Å². The van der Waals surface area contributed by atoms with E-state index >= 15 is 8.78 Å². The highest BCUT2D eigenvalue weighted by atomic mass is 19.4. The van der Waals surface area contributed by atoms with Crippen LogP contribution in [0.2, 0.25) is 0 Å². The minimum absolute atomic E-state index is 0.0636. The number of halogens is 5. The molecule has 2 aromatic carbocycles. The van der Waals surface area contributed by atoms with Crippen molar-refractivity contribution in [2.24, 2.45) is 0 Å². The van der Waals surface area contributed by atoms with Gasteiger partial charge in [0.2, 0.25) is 0 Å². The normalized spacial score (nSPS) is 13.1. The second kappa shape index (κ2) is 8.77. The molecule has 0 fully saturated rings. The number of hydrogen-bond acceptors (Lipinski definition) is 5. The number of nitrogens with two attached hydrogens (primary N) is 1. The molecule has 0 saturated carbocycles. The number of carbonyl (C=O) groups excluding carboxylic acids is 1. The zero-order valence-corrected chi connectivity index (χ0v) is 19.7. The van der Waals surface area contributed by atoms with Gasteiger partial charge in [0.1, 0.15) is 23.0 Å². The SMILES string of the molecule is Nc1nc2cc(F)c(C(=O)N(Cc3ccc(-c4cnn(C(F)(F)F)c4)cc3F)C3=C=CC3)cc2n2cncc12. The molecular weight excluding hydrogens is 521 g/mol. The molecule has 0 saturated heterocycles. The Labute approximate surface area is 216 Å². The minimum atomic E-state index is -4.70. The lowest BCUT2D eigenvalue weighted by atomic mass is 10.0. The number of nitrogens with zero attached hydrogens (tertiary/aromatic N) is 6. The first-order valence-corrected chi connectivity index (χ1v) is 11.5. The van der Waals surface area contributed by atoms with Crippen molar-refractivity contribution < 1.29 is 26.7 Å². The Morgan fingerprint density at radius 3 is 2.54 bits per heavy atom. The van der Waals surface area contributed by atoms with Crippen molar-refractivity contribution in [2.45, 2.75) is 19.3 Å². The van der Waals surface area contributed by atoms with E-state index in [2.05, 4.69) is 20.8 Å². The summed E-state index contributed by atoms with van der Waals surface area (Å²) < 4.78 is 70.3. The summed E-state index contributed by atoms with van der Waals surface area (Å²) in [5.74, 6) is -2.18. The molecule has 0 unspecified atom stereocenters. The third-order valence-corrected chi connectivity index (χ3v) is 6.39. The van der Waals surface area contributed by atoms with Gasteiger partial charge in [0, 0.05) is 29.8 Å². The number of nitrogen functional groups attached to an aromatic ring is 1. The van der Waals surface area contributed by atoms with Gasteiger partial charge in [-0.05, 0) is 23.8 Å². The highest BCUT2D eigenvalue weighted by molar-refractivity contribution is 5.99. The van der Waals surface area contributed by atoms with Crippen LogP contribution in [0, 0.1) is 11.6 Å². The van der Waals surface area contributed by atoms with Gasteiger partial charge < -0.3 is 10.6 Å². The van der Waals surface area contributed by atoms with E-state index in [0.29, 0.717) is 23.2 Å². The molecular formula is C26H16F5N7O. The number of fused-ring (bicyclic) bond motifs is 3. The van der Waals surface area contributed by atoms with Crippen LogP contribution in [-0.2, 0) is 12.8 Å². The second-order valence-electron chi connectivity index (χ2n) is 8.80. The summed E-state index contributed by atoms with van der Waals surface area (Å²) >= 11 is 0. The maximum atomic E-state index is 15.2. The van der Waals surface area contributed by atoms with Crippen LogP contribution in [0.15, 0.2) is 72.8 Å². The average molecular weight is 537 g/mol. The van der Waals surface area contributed by atoms with Gasteiger partial charge in [-0.25, -0.2) is 18.7 Å². The fraction of sp³-hybridized carbons (Fsp3) is 0.115. The molecule has 0 radical (unpaired) electrons. The van der Waals surface area contributed by atoms with Crippen molar-refractivity contribution in [3.8, 4) is 11.1 Å². The third-order valence-electron chi connectivity index (χ3n) is 6.39. The summed E-state index contributed by atoms with van der Waals surface area (Å²) in [7, 11) is 0. The molecule has 0 aliphatic heterocycles. The first kappa shape index (κ1) is 24.3. The third kappa shape index (κ3) is 4.18. The van der Waals surface area contributed by atoms with Gasteiger partial charge in [0.15, 0.2) is 0 Å².